The van der Waals surface area contributed by atoms with Crippen LogP contribution in [0.2, 0.25) is 0 Å². The number of aliphatic imine (C=N–C) groups is 1. The van der Waals surface area contributed by atoms with Crippen molar-refractivity contribution in [2.24, 2.45) is 4.99 Å². The van der Waals surface area contributed by atoms with Crippen LogP contribution in [0.3, 0.4) is 0 Å². The van der Waals surface area contributed by atoms with Crippen LogP contribution in [0.25, 0.3) is 0 Å². The number of hydrogen-bond acceptors (Lipinski definition) is 2. The number of nitrogens with zero attached hydrogens (tertiary/aromatic N) is 2. The van der Waals surface area contributed by atoms with Crippen LogP contribution in [-0.4, -0.2) is 16.6 Å². The Kier molecular flexibility index (Phi) is 2.80. The van der Waals surface area contributed by atoms with Crippen LogP contribution in [0, 0.1) is 0 Å². The van der Waals surface area contributed by atoms with Gasteiger partial charge in [-0.25, -0.2) is 0 Å². The van der Waals surface area contributed by atoms with Gasteiger partial charge in [0, 0.05) is 6.20 Å². The Labute approximate surface area is 77.8 Å². The van der Waals surface area contributed by atoms with Gasteiger partial charge in [-0.1, -0.05) is 26.5 Å². The Balaban J connectivity index is 0.000000396. The highest BCUT2D eigenvalue weighted by atomic mass is 16.2. The van der Waals surface area contributed by atoms with Crippen LogP contribution < -0.4 is 0 Å². The van der Waals surface area contributed by atoms with E-state index in [-0.39, 0.29) is 5.91 Å². The highest BCUT2D eigenvalue weighted by molar-refractivity contribution is 6.15. The number of fused-ring (bicyclic) bond motifs is 1. The number of rotatable bonds is 0. The van der Waals surface area contributed by atoms with E-state index in [1.807, 2.05) is 26.0 Å². The van der Waals surface area contributed by atoms with Crippen molar-refractivity contribution in [2.45, 2.75) is 13.8 Å². The summed E-state index contributed by atoms with van der Waals surface area (Å²) in [5, 5.41) is 0. The molecule has 0 fully saturated rings. The number of amidine groups is 1. The van der Waals surface area contributed by atoms with E-state index in [4.69, 9.17) is 0 Å². The lowest BCUT2D eigenvalue weighted by molar-refractivity contribution is -0.114. The summed E-state index contributed by atoms with van der Waals surface area (Å²) in [6.07, 6.45) is 7.21. The third kappa shape index (κ3) is 1.59. The minimum atomic E-state index is -0.254. The molecule has 0 bridgehead atoms. The highest BCUT2D eigenvalue weighted by Gasteiger charge is 2.24. The molecule has 0 aromatic rings. The van der Waals surface area contributed by atoms with Crippen molar-refractivity contribution >= 4 is 11.7 Å². The molecule has 68 valence electrons. The number of allylic oxidation sites excluding steroid dienone is 2. The second kappa shape index (κ2) is 3.85. The van der Waals surface area contributed by atoms with Crippen molar-refractivity contribution in [2.75, 3.05) is 0 Å². The topological polar surface area (TPSA) is 32.7 Å². The van der Waals surface area contributed by atoms with Crippen LogP contribution >= 0.6 is 0 Å². The van der Waals surface area contributed by atoms with Gasteiger partial charge < -0.3 is 0 Å². The van der Waals surface area contributed by atoms with Crippen molar-refractivity contribution in [3.8, 4) is 0 Å². The average molecular weight is 176 g/mol. The van der Waals surface area contributed by atoms with E-state index in [0.29, 0.717) is 11.5 Å². The summed E-state index contributed by atoms with van der Waals surface area (Å²) in [5.74, 6) is 0.402. The molecule has 3 heteroatoms. The van der Waals surface area contributed by atoms with E-state index in [1.165, 1.54) is 0 Å². The number of amides is 1. The summed E-state index contributed by atoms with van der Waals surface area (Å²) >= 11 is 0. The molecule has 2 heterocycles. The van der Waals surface area contributed by atoms with Gasteiger partial charge in [-0.3, -0.25) is 9.69 Å². The van der Waals surface area contributed by atoms with E-state index < -0.39 is 0 Å². The van der Waals surface area contributed by atoms with E-state index in [0.717, 1.165) is 0 Å². The third-order valence-corrected chi connectivity index (χ3v) is 1.59. The van der Waals surface area contributed by atoms with Gasteiger partial charge in [0.1, 0.15) is 11.5 Å². The van der Waals surface area contributed by atoms with E-state index in [9.17, 15) is 4.79 Å². The summed E-state index contributed by atoms with van der Waals surface area (Å²) in [6.45, 7) is 7.60. The zero-order valence-electron chi connectivity index (χ0n) is 7.82. The zero-order chi connectivity index (χ0) is 9.84. The number of carbonyl (C=O) groups is 1. The Morgan fingerprint density at radius 2 is 2.08 bits per heavy atom. The standard InChI is InChI=1S/C8H6N2O.C2H6/c1-6-8(11)9-7-4-2-3-5-10(6)7;1-2/h2-5H,1H2;1-2H3. The fraction of sp³-hybridized carbons (Fsp3) is 0.200. The molecule has 2 aliphatic heterocycles. The van der Waals surface area contributed by atoms with E-state index in [1.54, 1.807) is 17.2 Å². The minimum Gasteiger partial charge on any atom is -0.297 e. The van der Waals surface area contributed by atoms with E-state index >= 15 is 0 Å². The maximum Gasteiger partial charge on any atom is 0.295 e. The summed E-state index contributed by atoms with van der Waals surface area (Å²) in [6, 6.07) is 0. The smallest absolute Gasteiger partial charge is 0.295 e. The molecular weight excluding hydrogens is 164 g/mol. The van der Waals surface area contributed by atoms with E-state index in [2.05, 4.69) is 11.6 Å². The summed E-state index contributed by atoms with van der Waals surface area (Å²) < 4.78 is 0. The molecule has 0 aromatic heterocycles. The minimum absolute atomic E-state index is 0.254. The first kappa shape index (κ1) is 9.45. The van der Waals surface area contributed by atoms with Crippen molar-refractivity contribution in [3.63, 3.8) is 0 Å². The van der Waals surface area contributed by atoms with Crippen molar-refractivity contribution in [1.82, 2.24) is 4.90 Å². The molecule has 0 atom stereocenters. The van der Waals surface area contributed by atoms with Crippen molar-refractivity contribution in [3.05, 3.63) is 36.7 Å². The summed E-state index contributed by atoms with van der Waals surface area (Å²) in [5.41, 5.74) is 0.417. The van der Waals surface area contributed by atoms with Crippen LogP contribution in [0.4, 0.5) is 0 Å². The van der Waals surface area contributed by atoms with Gasteiger partial charge in [0.25, 0.3) is 5.91 Å². The molecule has 0 aliphatic carbocycles. The fourth-order valence-corrected chi connectivity index (χ4v) is 1.03. The Hall–Kier alpha value is -1.64. The summed E-state index contributed by atoms with van der Waals surface area (Å²) in [4.78, 5) is 16.4. The molecule has 0 unspecified atom stereocenters. The van der Waals surface area contributed by atoms with Gasteiger partial charge in [-0.05, 0) is 12.2 Å². The lowest BCUT2D eigenvalue weighted by atomic mass is 10.3. The van der Waals surface area contributed by atoms with Crippen LogP contribution in [-0.2, 0) is 4.79 Å². The lowest BCUT2D eigenvalue weighted by Gasteiger charge is -2.14. The molecule has 0 saturated carbocycles. The maximum atomic E-state index is 10.9. The molecule has 0 aromatic carbocycles. The highest BCUT2D eigenvalue weighted by Crippen LogP contribution is 2.17. The first-order chi connectivity index (χ1) is 6.29. The monoisotopic (exact) mass is 176 g/mol. The fourth-order valence-electron chi connectivity index (χ4n) is 1.03. The zero-order valence-corrected chi connectivity index (χ0v) is 7.82. The first-order valence-corrected chi connectivity index (χ1v) is 4.25. The molecule has 0 radical (unpaired) electrons. The Morgan fingerprint density at radius 3 is 2.69 bits per heavy atom. The predicted octanol–water partition coefficient (Wildman–Crippen LogP) is 1.85. The van der Waals surface area contributed by atoms with Crippen molar-refractivity contribution in [1.29, 1.82) is 0 Å². The van der Waals surface area contributed by atoms with Gasteiger partial charge >= 0.3 is 0 Å². The average Bonchev–Trinajstić information content (AvgIpc) is 2.47. The molecule has 0 spiro atoms. The maximum absolute atomic E-state index is 10.9. The molecule has 2 aliphatic rings. The van der Waals surface area contributed by atoms with Gasteiger partial charge in [-0.15, -0.1) is 0 Å². The molecule has 13 heavy (non-hydrogen) atoms. The molecular formula is C10H12N2O. The van der Waals surface area contributed by atoms with Gasteiger partial charge in [-0.2, -0.15) is 4.99 Å². The second-order valence-electron chi connectivity index (χ2n) is 2.29. The summed E-state index contributed by atoms with van der Waals surface area (Å²) in [7, 11) is 0. The molecule has 2 rings (SSSR count). The van der Waals surface area contributed by atoms with Crippen LogP contribution in [0.15, 0.2) is 41.7 Å². The Morgan fingerprint density at radius 1 is 1.38 bits per heavy atom. The van der Waals surface area contributed by atoms with Crippen LogP contribution in [0.1, 0.15) is 13.8 Å². The quantitative estimate of drug-likeness (QED) is 0.528. The normalized spacial score (nSPS) is 18.0. The predicted molar refractivity (Wildman–Crippen MR) is 53.0 cm³/mol. The lowest BCUT2D eigenvalue weighted by Crippen LogP contribution is -2.19. The molecule has 0 N–H and O–H groups in total. The first-order valence-electron chi connectivity index (χ1n) is 4.25. The SMILES string of the molecule is C=C1C(=O)N=C2C=CC=CN12.CC. The van der Waals surface area contributed by atoms with Crippen molar-refractivity contribution < 1.29 is 4.79 Å². The largest absolute Gasteiger partial charge is 0.297 e. The molecule has 3 nitrogen and oxygen atoms in total. The third-order valence-electron chi connectivity index (χ3n) is 1.59. The number of carbonyl (C=O) groups excluding carboxylic acids is 1. The second-order valence-corrected chi connectivity index (χ2v) is 2.29. The van der Waals surface area contributed by atoms with Crippen LogP contribution in [0.5, 0.6) is 0 Å². The van der Waals surface area contributed by atoms with Gasteiger partial charge in [0.2, 0.25) is 0 Å². The molecule has 0 saturated heterocycles. The molecule has 1 amide bonds. The van der Waals surface area contributed by atoms with Gasteiger partial charge in [0.05, 0.1) is 0 Å². The van der Waals surface area contributed by atoms with Gasteiger partial charge in [0.15, 0.2) is 0 Å². The number of hydrogen-bond donors (Lipinski definition) is 0. The Bertz CT molecular complexity index is 324.